The molecule has 0 spiro atoms. The molecule has 3 N–H and O–H groups in total. The maximum absolute atomic E-state index is 13.6. The number of anilines is 1. The van der Waals surface area contributed by atoms with Gasteiger partial charge < -0.3 is 9.64 Å². The molecule has 5 nitrogen and oxygen atoms in total. The van der Waals surface area contributed by atoms with Crippen molar-refractivity contribution < 1.29 is 13.9 Å². The Hall–Kier alpha value is -3.64. The van der Waals surface area contributed by atoms with Gasteiger partial charge in [0.2, 0.25) is 0 Å². The lowest BCUT2D eigenvalue weighted by molar-refractivity contribution is -0.116. The van der Waals surface area contributed by atoms with E-state index in [0.29, 0.717) is 0 Å². The number of nitrogens with one attached hydrogen (secondary N) is 1. The first-order chi connectivity index (χ1) is 15.5. The van der Waals surface area contributed by atoms with Crippen LogP contribution in [0.1, 0.15) is 29.2 Å². The van der Waals surface area contributed by atoms with Crippen molar-refractivity contribution in [2.24, 2.45) is 5.84 Å². The van der Waals surface area contributed by atoms with Crippen molar-refractivity contribution in [2.45, 2.75) is 18.9 Å². The third-order valence-corrected chi connectivity index (χ3v) is 6.16. The van der Waals surface area contributed by atoms with Crippen molar-refractivity contribution in [2.75, 3.05) is 18.6 Å². The normalized spacial score (nSPS) is 17.8. The number of ether oxygens (including phenoxy) is 1. The van der Waals surface area contributed by atoms with E-state index in [0.717, 1.165) is 35.5 Å². The number of carbonyl (C=O) groups excluding carboxylic acids is 1. The second-order valence-corrected chi connectivity index (χ2v) is 7.94. The highest BCUT2D eigenvalue weighted by atomic mass is 19.1. The summed E-state index contributed by atoms with van der Waals surface area (Å²) in [7, 11) is 1.67. The Morgan fingerprint density at radius 1 is 1.12 bits per heavy atom. The lowest BCUT2D eigenvalue weighted by Gasteiger charge is -2.48. The molecule has 0 bridgehead atoms. The molecule has 164 valence electrons. The van der Waals surface area contributed by atoms with Crippen LogP contribution in [0.2, 0.25) is 0 Å². The second kappa shape index (κ2) is 8.85. The van der Waals surface area contributed by atoms with Crippen molar-refractivity contribution in [1.29, 1.82) is 0 Å². The van der Waals surface area contributed by atoms with Crippen LogP contribution in [-0.2, 0) is 16.8 Å². The van der Waals surface area contributed by atoms with Crippen LogP contribution in [0.25, 0.3) is 6.08 Å². The molecule has 1 aliphatic rings. The number of halogens is 1. The van der Waals surface area contributed by atoms with Crippen LogP contribution in [0.3, 0.4) is 0 Å². The molecule has 1 unspecified atom stereocenters. The first-order valence-electron chi connectivity index (χ1n) is 10.5. The molecule has 32 heavy (non-hydrogen) atoms. The molecule has 1 aliphatic heterocycles. The van der Waals surface area contributed by atoms with E-state index in [1.54, 1.807) is 13.2 Å². The fourth-order valence-corrected chi connectivity index (χ4v) is 4.44. The summed E-state index contributed by atoms with van der Waals surface area (Å²) in [5.41, 5.74) is 6.95. The number of hydrazine groups is 1. The topological polar surface area (TPSA) is 67.6 Å². The van der Waals surface area contributed by atoms with Gasteiger partial charge in [0, 0.05) is 18.3 Å². The minimum Gasteiger partial charge on any atom is -0.497 e. The zero-order valence-corrected chi connectivity index (χ0v) is 18.1. The van der Waals surface area contributed by atoms with E-state index in [1.807, 2.05) is 30.3 Å². The minimum atomic E-state index is -0.478. The highest BCUT2D eigenvalue weighted by Gasteiger charge is 2.40. The van der Waals surface area contributed by atoms with Crippen LogP contribution in [0.5, 0.6) is 5.75 Å². The van der Waals surface area contributed by atoms with E-state index in [9.17, 15) is 9.18 Å². The van der Waals surface area contributed by atoms with Gasteiger partial charge in [0.05, 0.1) is 12.6 Å². The minimum absolute atomic E-state index is 0.254. The van der Waals surface area contributed by atoms with Gasteiger partial charge in [-0.25, -0.2) is 10.2 Å². The van der Waals surface area contributed by atoms with Crippen LogP contribution in [0.4, 0.5) is 10.1 Å². The van der Waals surface area contributed by atoms with Gasteiger partial charge in [-0.05, 0) is 78.1 Å². The third kappa shape index (κ3) is 3.97. The van der Waals surface area contributed by atoms with E-state index in [2.05, 4.69) is 41.5 Å². The first kappa shape index (κ1) is 21.6. The summed E-state index contributed by atoms with van der Waals surface area (Å²) >= 11 is 0. The van der Waals surface area contributed by atoms with Crippen molar-refractivity contribution in [3.8, 4) is 5.75 Å². The number of amides is 1. The molecule has 6 heteroatoms. The molecule has 0 aliphatic carbocycles. The van der Waals surface area contributed by atoms with Gasteiger partial charge in [-0.1, -0.05) is 30.3 Å². The summed E-state index contributed by atoms with van der Waals surface area (Å²) in [5.74, 6) is 5.35. The zero-order chi connectivity index (χ0) is 22.7. The lowest BCUT2D eigenvalue weighted by atomic mass is 9.76. The highest BCUT2D eigenvalue weighted by molar-refractivity contribution is 5.91. The van der Waals surface area contributed by atoms with Crippen LogP contribution in [0.15, 0.2) is 72.8 Å². The van der Waals surface area contributed by atoms with Crippen molar-refractivity contribution in [1.82, 2.24) is 5.43 Å². The van der Waals surface area contributed by atoms with Gasteiger partial charge >= 0.3 is 0 Å². The smallest absolute Gasteiger partial charge is 0.257 e. The molecule has 0 saturated heterocycles. The molecule has 1 amide bonds. The molecule has 0 radical (unpaired) electrons. The number of rotatable bonds is 5. The summed E-state index contributed by atoms with van der Waals surface area (Å²) in [6.45, 7) is 2.97. The Bertz CT molecular complexity index is 1140. The first-order valence-corrected chi connectivity index (χ1v) is 10.5. The number of carbonyl (C=O) groups is 1. The van der Waals surface area contributed by atoms with Crippen molar-refractivity contribution in [3.63, 3.8) is 0 Å². The standard InChI is InChI=1S/C26H26FN3O2/c1-26(20-6-3-18(4-7-20)5-14-25(31)29-28)24-13-12-23(32-2)17-19(24)15-16-30(26)22-10-8-21(27)9-11-22/h3-14,17H,15-16,28H2,1-2H3,(H,29,31). The van der Waals surface area contributed by atoms with Crippen LogP contribution in [-0.4, -0.2) is 19.6 Å². The number of nitrogens with two attached hydrogens (primary N) is 1. The van der Waals surface area contributed by atoms with Crippen molar-refractivity contribution >= 4 is 17.7 Å². The number of hydrogen-bond acceptors (Lipinski definition) is 4. The third-order valence-electron chi connectivity index (χ3n) is 6.16. The number of nitrogens with zero attached hydrogens (tertiary/aromatic N) is 1. The van der Waals surface area contributed by atoms with E-state index >= 15 is 0 Å². The molecule has 1 heterocycles. The fraction of sp³-hybridized carbons (Fsp3) is 0.192. The maximum Gasteiger partial charge on any atom is 0.257 e. The molecule has 4 rings (SSSR count). The SMILES string of the molecule is COc1ccc2c(c1)CCN(c1ccc(F)cc1)C2(C)c1ccc(C=CC(=O)NN)cc1. The Labute approximate surface area is 187 Å². The predicted octanol–water partition coefficient (Wildman–Crippen LogP) is 4.16. The molecule has 1 atom stereocenters. The molecular weight excluding hydrogens is 405 g/mol. The van der Waals surface area contributed by atoms with Gasteiger partial charge in [0.1, 0.15) is 11.6 Å². The average molecular weight is 432 g/mol. The number of methoxy groups -OCH3 is 1. The van der Waals surface area contributed by atoms with Crippen LogP contribution < -0.4 is 20.9 Å². The largest absolute Gasteiger partial charge is 0.497 e. The van der Waals surface area contributed by atoms with E-state index in [-0.39, 0.29) is 11.7 Å². The number of benzene rings is 3. The van der Waals surface area contributed by atoms with Crippen molar-refractivity contribution in [3.05, 3.63) is 101 Å². The highest BCUT2D eigenvalue weighted by Crippen LogP contribution is 2.44. The summed E-state index contributed by atoms with van der Waals surface area (Å²) in [6.07, 6.45) is 3.96. The molecular formula is C26H26FN3O2. The fourth-order valence-electron chi connectivity index (χ4n) is 4.44. The van der Waals surface area contributed by atoms with Gasteiger partial charge in [-0.15, -0.1) is 0 Å². The summed E-state index contributed by atoms with van der Waals surface area (Å²) in [4.78, 5) is 13.7. The molecule has 0 aromatic heterocycles. The van der Waals surface area contributed by atoms with Gasteiger partial charge in [-0.2, -0.15) is 0 Å². The second-order valence-electron chi connectivity index (χ2n) is 7.94. The Morgan fingerprint density at radius 3 is 2.50 bits per heavy atom. The van der Waals surface area contributed by atoms with Gasteiger partial charge in [0.25, 0.3) is 5.91 Å². The van der Waals surface area contributed by atoms with Gasteiger partial charge in [0.15, 0.2) is 0 Å². The average Bonchev–Trinajstić information content (AvgIpc) is 2.83. The van der Waals surface area contributed by atoms with Crippen LogP contribution >= 0.6 is 0 Å². The summed E-state index contributed by atoms with van der Waals surface area (Å²) in [6, 6.07) is 20.9. The maximum atomic E-state index is 13.6. The molecule has 0 saturated carbocycles. The van der Waals surface area contributed by atoms with E-state index in [1.165, 1.54) is 29.3 Å². The Morgan fingerprint density at radius 2 is 1.84 bits per heavy atom. The summed E-state index contributed by atoms with van der Waals surface area (Å²) < 4.78 is 19.1. The molecule has 0 fully saturated rings. The summed E-state index contributed by atoms with van der Waals surface area (Å²) in [5, 5.41) is 0. The molecule has 3 aromatic rings. The molecule has 3 aromatic carbocycles. The van der Waals surface area contributed by atoms with E-state index in [4.69, 9.17) is 10.6 Å². The van der Waals surface area contributed by atoms with Crippen LogP contribution in [0, 0.1) is 5.82 Å². The monoisotopic (exact) mass is 431 g/mol. The predicted molar refractivity (Wildman–Crippen MR) is 125 cm³/mol. The number of fused-ring (bicyclic) bond motifs is 1. The number of hydrogen-bond donors (Lipinski definition) is 2. The zero-order valence-electron chi connectivity index (χ0n) is 18.1. The Kier molecular flexibility index (Phi) is 5.97. The van der Waals surface area contributed by atoms with Gasteiger partial charge in [-0.3, -0.25) is 10.2 Å². The Balaban J connectivity index is 1.80. The lowest BCUT2D eigenvalue weighted by Crippen LogP contribution is -2.49. The van der Waals surface area contributed by atoms with E-state index < -0.39 is 5.54 Å². The quantitative estimate of drug-likeness (QED) is 0.276.